The molecule has 4 nitrogen and oxygen atoms in total. The van der Waals surface area contributed by atoms with Crippen LogP contribution in [0.1, 0.15) is 6.42 Å². The molecular weight excluding hydrogens is 191 g/mol. The normalized spacial score (nSPS) is 13.5. The van der Waals surface area contributed by atoms with Gasteiger partial charge in [0.2, 0.25) is 0 Å². The summed E-state index contributed by atoms with van der Waals surface area (Å²) < 4.78 is 35.0. The van der Waals surface area contributed by atoms with Crippen molar-refractivity contribution in [2.45, 2.75) is 12.6 Å². The summed E-state index contributed by atoms with van der Waals surface area (Å²) in [6, 6.07) is 0. The molecule has 0 aliphatic carbocycles. The summed E-state index contributed by atoms with van der Waals surface area (Å²) in [5, 5.41) is 8.17. The molecule has 0 unspecified atom stereocenters. The van der Waals surface area contributed by atoms with Gasteiger partial charge in [-0.25, -0.2) is 4.79 Å². The first-order valence-electron chi connectivity index (χ1n) is 3.01. The molecule has 0 radical (unpaired) electrons. The summed E-state index contributed by atoms with van der Waals surface area (Å²) in [6.07, 6.45) is -6.48. The molecule has 0 bridgehead atoms. The predicted octanol–water partition coefficient (Wildman–Crippen LogP) is 0.435. The third-order valence-corrected chi connectivity index (χ3v) is 1.11. The van der Waals surface area contributed by atoms with Crippen molar-refractivity contribution < 1.29 is 27.9 Å². The number of nitrogens with two attached hydrogens (primary N) is 1. The highest BCUT2D eigenvalue weighted by Crippen LogP contribution is 2.24. The van der Waals surface area contributed by atoms with E-state index in [4.69, 9.17) is 10.8 Å². The van der Waals surface area contributed by atoms with Crippen LogP contribution in [0.5, 0.6) is 0 Å². The first-order valence-corrected chi connectivity index (χ1v) is 3.01. The summed E-state index contributed by atoms with van der Waals surface area (Å²) in [5.41, 5.74) is 2.68. The van der Waals surface area contributed by atoms with Gasteiger partial charge in [0, 0.05) is 5.57 Å². The molecule has 0 atom stereocenters. The van der Waals surface area contributed by atoms with E-state index in [-0.39, 0.29) is 6.29 Å². The Kier molecular flexibility index (Phi) is 3.46. The predicted molar refractivity (Wildman–Crippen MR) is 35.6 cm³/mol. The average Bonchev–Trinajstić information content (AvgIpc) is 1.97. The van der Waals surface area contributed by atoms with Crippen molar-refractivity contribution in [2.24, 2.45) is 5.73 Å². The van der Waals surface area contributed by atoms with Crippen LogP contribution in [0, 0.1) is 0 Å². The molecule has 0 aromatic rings. The number of carbonyl (C=O) groups excluding carboxylic acids is 1. The molecule has 0 aromatic carbocycles. The van der Waals surface area contributed by atoms with E-state index < -0.39 is 29.8 Å². The molecule has 0 amide bonds. The van der Waals surface area contributed by atoms with Crippen molar-refractivity contribution in [1.29, 1.82) is 0 Å². The molecule has 0 saturated heterocycles. The minimum Gasteiger partial charge on any atom is -0.477 e. The Labute approximate surface area is 70.8 Å². The van der Waals surface area contributed by atoms with Gasteiger partial charge in [-0.05, 0) is 0 Å². The van der Waals surface area contributed by atoms with E-state index in [1.54, 1.807) is 0 Å². The maximum Gasteiger partial charge on any atom is 0.393 e. The van der Waals surface area contributed by atoms with E-state index in [1.165, 1.54) is 0 Å². The van der Waals surface area contributed by atoms with Crippen LogP contribution >= 0.6 is 0 Å². The number of allylic oxidation sites excluding steroid dienone is 1. The second kappa shape index (κ2) is 3.92. The van der Waals surface area contributed by atoms with E-state index in [9.17, 15) is 22.8 Å². The average molecular weight is 197 g/mol. The quantitative estimate of drug-likeness (QED) is 0.508. The molecule has 0 saturated carbocycles. The Morgan fingerprint density at radius 2 is 1.92 bits per heavy atom. The Morgan fingerprint density at radius 3 is 2.15 bits per heavy atom. The number of rotatable bonds is 3. The first-order chi connectivity index (χ1) is 5.78. The van der Waals surface area contributed by atoms with E-state index in [0.717, 1.165) is 0 Å². The highest BCUT2D eigenvalue weighted by atomic mass is 19.4. The number of aliphatic carboxylic acids is 1. The summed E-state index contributed by atoms with van der Waals surface area (Å²) in [4.78, 5) is 20.1. The van der Waals surface area contributed by atoms with E-state index >= 15 is 0 Å². The van der Waals surface area contributed by atoms with Gasteiger partial charge < -0.3 is 10.8 Å². The van der Waals surface area contributed by atoms with Crippen molar-refractivity contribution in [3.63, 3.8) is 0 Å². The Balaban J connectivity index is 4.81. The smallest absolute Gasteiger partial charge is 0.393 e. The number of hydrogen-bond donors (Lipinski definition) is 2. The van der Waals surface area contributed by atoms with Gasteiger partial charge in [0.1, 0.15) is 12.0 Å². The zero-order chi connectivity index (χ0) is 10.6. The Hall–Kier alpha value is -1.53. The van der Waals surface area contributed by atoms with E-state index in [1.807, 2.05) is 0 Å². The number of halogens is 3. The fraction of sp³-hybridized carbons (Fsp3) is 0.333. The lowest BCUT2D eigenvalue weighted by molar-refractivity contribution is -0.134. The fourth-order valence-electron chi connectivity index (χ4n) is 0.554. The zero-order valence-electron chi connectivity index (χ0n) is 6.26. The second-order valence-corrected chi connectivity index (χ2v) is 2.15. The molecule has 0 rings (SSSR count). The van der Waals surface area contributed by atoms with E-state index in [2.05, 4.69) is 0 Å². The summed E-state index contributed by atoms with van der Waals surface area (Å²) in [5.74, 6) is -1.74. The molecule has 0 fully saturated rings. The van der Waals surface area contributed by atoms with Crippen LogP contribution in [0.25, 0.3) is 0 Å². The topological polar surface area (TPSA) is 80.4 Å². The monoisotopic (exact) mass is 197 g/mol. The van der Waals surface area contributed by atoms with Crippen LogP contribution in [-0.4, -0.2) is 23.5 Å². The van der Waals surface area contributed by atoms with Gasteiger partial charge in [-0.1, -0.05) is 0 Å². The van der Waals surface area contributed by atoms with Crippen molar-refractivity contribution in [2.75, 3.05) is 0 Å². The van der Waals surface area contributed by atoms with Crippen LogP contribution in [-0.2, 0) is 9.59 Å². The lowest BCUT2D eigenvalue weighted by Crippen LogP contribution is -2.18. The summed E-state index contributed by atoms with van der Waals surface area (Å²) >= 11 is 0. The largest absolute Gasteiger partial charge is 0.477 e. The second-order valence-electron chi connectivity index (χ2n) is 2.15. The van der Waals surface area contributed by atoms with Gasteiger partial charge in [0.25, 0.3) is 0 Å². The molecule has 0 spiro atoms. The lowest BCUT2D eigenvalue weighted by Gasteiger charge is -2.06. The van der Waals surface area contributed by atoms with Crippen LogP contribution in [0.2, 0.25) is 0 Å². The number of hydrogen-bond acceptors (Lipinski definition) is 3. The molecule has 3 N–H and O–H groups in total. The van der Waals surface area contributed by atoms with Gasteiger partial charge in [-0.3, -0.25) is 4.79 Å². The minimum atomic E-state index is -4.64. The molecule has 0 aliphatic rings. The molecule has 0 aliphatic heterocycles. The highest BCUT2D eigenvalue weighted by Gasteiger charge is 2.30. The molecule has 13 heavy (non-hydrogen) atoms. The highest BCUT2D eigenvalue weighted by molar-refractivity contribution is 5.93. The van der Waals surface area contributed by atoms with Crippen molar-refractivity contribution in [3.05, 3.63) is 11.3 Å². The molecule has 0 heterocycles. The van der Waals surface area contributed by atoms with Gasteiger partial charge >= 0.3 is 12.1 Å². The lowest BCUT2D eigenvalue weighted by atomic mass is 10.1. The fourth-order valence-corrected chi connectivity index (χ4v) is 0.554. The SMILES string of the molecule is N/C(C(=O)O)=C(\C=O)CC(F)(F)F. The van der Waals surface area contributed by atoms with Crippen LogP contribution in [0.3, 0.4) is 0 Å². The maximum absolute atomic E-state index is 11.7. The number of carboxylic acid groups (broad SMARTS) is 1. The van der Waals surface area contributed by atoms with Gasteiger partial charge in [-0.2, -0.15) is 13.2 Å². The minimum absolute atomic E-state index is 0.211. The number of carboxylic acids is 1. The third kappa shape index (κ3) is 4.14. The Morgan fingerprint density at radius 1 is 1.46 bits per heavy atom. The number of aldehydes is 1. The molecule has 74 valence electrons. The molecular formula is C6H6F3NO3. The molecule has 0 aromatic heterocycles. The third-order valence-electron chi connectivity index (χ3n) is 1.11. The summed E-state index contributed by atoms with van der Waals surface area (Å²) in [7, 11) is 0. The molecule has 7 heteroatoms. The van der Waals surface area contributed by atoms with Gasteiger partial charge in [0.05, 0.1) is 6.42 Å². The summed E-state index contributed by atoms with van der Waals surface area (Å²) in [6.45, 7) is 0. The zero-order valence-corrected chi connectivity index (χ0v) is 6.26. The van der Waals surface area contributed by atoms with Crippen LogP contribution in [0.15, 0.2) is 11.3 Å². The van der Waals surface area contributed by atoms with Gasteiger partial charge in [0.15, 0.2) is 0 Å². The number of carbonyl (C=O) groups is 2. The maximum atomic E-state index is 11.7. The van der Waals surface area contributed by atoms with Crippen molar-refractivity contribution in [3.8, 4) is 0 Å². The van der Waals surface area contributed by atoms with Crippen LogP contribution < -0.4 is 5.73 Å². The van der Waals surface area contributed by atoms with Crippen molar-refractivity contribution in [1.82, 2.24) is 0 Å². The van der Waals surface area contributed by atoms with Gasteiger partial charge in [-0.15, -0.1) is 0 Å². The Bertz CT molecular complexity index is 256. The van der Waals surface area contributed by atoms with Crippen molar-refractivity contribution >= 4 is 12.3 Å². The standard InChI is InChI=1S/C6H6F3NO3/c7-6(8,9)1-3(2-11)4(10)5(12)13/h2H,1,10H2,(H,12,13)/b4-3-. The first kappa shape index (κ1) is 11.5. The number of alkyl halides is 3. The van der Waals surface area contributed by atoms with E-state index in [0.29, 0.717) is 0 Å². The van der Waals surface area contributed by atoms with Crippen LogP contribution in [0.4, 0.5) is 13.2 Å².